The van der Waals surface area contributed by atoms with Crippen molar-refractivity contribution in [3.05, 3.63) is 34.1 Å². The highest BCUT2D eigenvalue weighted by atomic mass is 35.5. The minimum absolute atomic E-state index is 0.469. The zero-order valence-corrected chi connectivity index (χ0v) is 13.2. The molecule has 0 amide bonds. The third-order valence-corrected chi connectivity index (χ3v) is 3.81. The second kappa shape index (κ2) is 6.16. The molecule has 2 aromatic rings. The summed E-state index contributed by atoms with van der Waals surface area (Å²) in [6.45, 7) is 3.00. The molecule has 1 aliphatic rings. The average Bonchev–Trinajstić information content (AvgIpc) is 3.29. The second-order valence-electron chi connectivity index (χ2n) is 5.19. The van der Waals surface area contributed by atoms with E-state index in [1.54, 1.807) is 12.3 Å². The summed E-state index contributed by atoms with van der Waals surface area (Å²) in [5.74, 6) is 1.93. The lowest BCUT2D eigenvalue weighted by Crippen LogP contribution is -2.06. The zero-order valence-electron chi connectivity index (χ0n) is 11.7. The summed E-state index contributed by atoms with van der Waals surface area (Å²) in [6.07, 6.45) is 4.98. The van der Waals surface area contributed by atoms with Crippen LogP contribution in [0.4, 0.5) is 5.82 Å². The van der Waals surface area contributed by atoms with Crippen molar-refractivity contribution < 1.29 is 0 Å². The minimum atomic E-state index is 0.469. The first-order valence-corrected chi connectivity index (χ1v) is 7.87. The van der Waals surface area contributed by atoms with Crippen molar-refractivity contribution in [3.8, 4) is 11.5 Å². The molecule has 0 spiro atoms. The van der Waals surface area contributed by atoms with E-state index >= 15 is 0 Å². The summed E-state index contributed by atoms with van der Waals surface area (Å²) >= 11 is 12.1. The van der Waals surface area contributed by atoms with E-state index in [4.69, 9.17) is 23.2 Å². The van der Waals surface area contributed by atoms with Crippen LogP contribution in [-0.4, -0.2) is 21.5 Å². The molecule has 0 bridgehead atoms. The summed E-state index contributed by atoms with van der Waals surface area (Å²) in [5.41, 5.74) is 1.63. The number of nitrogens with zero attached hydrogens (tertiary/aromatic N) is 3. The number of aromatic nitrogens is 3. The molecule has 1 aliphatic carbocycles. The van der Waals surface area contributed by atoms with E-state index < -0.39 is 0 Å². The summed E-state index contributed by atoms with van der Waals surface area (Å²) in [7, 11) is 0. The van der Waals surface area contributed by atoms with Gasteiger partial charge in [0.2, 0.25) is 0 Å². The van der Waals surface area contributed by atoms with Crippen LogP contribution in [0.25, 0.3) is 11.5 Å². The Labute approximate surface area is 133 Å². The normalized spacial score (nSPS) is 14.2. The fraction of sp³-hybridized carbons (Fsp3) is 0.400. The Morgan fingerprint density at radius 1 is 1.24 bits per heavy atom. The van der Waals surface area contributed by atoms with Crippen LogP contribution in [0.3, 0.4) is 0 Å². The first kappa shape index (κ1) is 14.5. The molecule has 0 unspecified atom stereocenters. The van der Waals surface area contributed by atoms with Gasteiger partial charge in [0, 0.05) is 30.4 Å². The summed E-state index contributed by atoms with van der Waals surface area (Å²) in [6, 6.07) is 3.69. The lowest BCUT2D eigenvalue weighted by atomic mass is 10.2. The number of pyridine rings is 1. The summed E-state index contributed by atoms with van der Waals surface area (Å²) in [4.78, 5) is 13.4. The van der Waals surface area contributed by atoms with E-state index in [0.29, 0.717) is 27.5 Å². The standard InChI is InChI=1S/C15H16Cl2N4/c1-2-5-18-13-7-12(9-3-4-9)20-15(21-13)14-11(17)6-10(16)8-19-14/h6-9H,2-5H2,1H3,(H,18,20,21). The second-order valence-corrected chi connectivity index (χ2v) is 6.03. The number of anilines is 1. The van der Waals surface area contributed by atoms with Crippen molar-refractivity contribution in [2.45, 2.75) is 32.1 Å². The molecule has 1 saturated carbocycles. The van der Waals surface area contributed by atoms with Crippen molar-refractivity contribution in [2.24, 2.45) is 0 Å². The molecule has 2 aromatic heterocycles. The smallest absolute Gasteiger partial charge is 0.181 e. The van der Waals surface area contributed by atoms with Crippen LogP contribution in [-0.2, 0) is 0 Å². The van der Waals surface area contributed by atoms with Crippen molar-refractivity contribution in [1.82, 2.24) is 15.0 Å². The first-order chi connectivity index (χ1) is 10.2. The van der Waals surface area contributed by atoms with Crippen molar-refractivity contribution in [1.29, 1.82) is 0 Å². The molecule has 3 rings (SSSR count). The van der Waals surface area contributed by atoms with Gasteiger partial charge in [-0.1, -0.05) is 30.1 Å². The number of hydrogen-bond donors (Lipinski definition) is 1. The SMILES string of the molecule is CCCNc1cc(C2CC2)nc(-c2ncc(Cl)cc2Cl)n1. The predicted octanol–water partition coefficient (Wildman–Crippen LogP) is 4.54. The molecular weight excluding hydrogens is 307 g/mol. The molecule has 0 aliphatic heterocycles. The van der Waals surface area contributed by atoms with Crippen LogP contribution in [0, 0.1) is 0 Å². The molecule has 4 nitrogen and oxygen atoms in total. The molecular formula is C15H16Cl2N4. The van der Waals surface area contributed by atoms with Gasteiger partial charge in [0.15, 0.2) is 5.82 Å². The Bertz CT molecular complexity index is 656. The lowest BCUT2D eigenvalue weighted by molar-refractivity contribution is 0.945. The van der Waals surface area contributed by atoms with E-state index in [2.05, 4.69) is 27.2 Å². The Kier molecular flexibility index (Phi) is 4.27. The highest BCUT2D eigenvalue weighted by Gasteiger charge is 2.26. The Morgan fingerprint density at radius 3 is 2.71 bits per heavy atom. The highest BCUT2D eigenvalue weighted by molar-refractivity contribution is 6.35. The number of rotatable bonds is 5. The maximum atomic E-state index is 6.22. The van der Waals surface area contributed by atoms with Crippen LogP contribution in [0.5, 0.6) is 0 Å². The first-order valence-electron chi connectivity index (χ1n) is 7.11. The summed E-state index contributed by atoms with van der Waals surface area (Å²) in [5, 5.41) is 4.29. The molecule has 6 heteroatoms. The highest BCUT2D eigenvalue weighted by Crippen LogP contribution is 2.40. The average molecular weight is 323 g/mol. The molecule has 0 atom stereocenters. The predicted molar refractivity (Wildman–Crippen MR) is 86.0 cm³/mol. The number of halogens is 2. The van der Waals surface area contributed by atoms with Gasteiger partial charge in [-0.3, -0.25) is 0 Å². The molecule has 110 valence electrons. The topological polar surface area (TPSA) is 50.7 Å². The Balaban J connectivity index is 2.01. The largest absolute Gasteiger partial charge is 0.370 e. The lowest BCUT2D eigenvalue weighted by Gasteiger charge is -2.09. The summed E-state index contributed by atoms with van der Waals surface area (Å²) < 4.78 is 0. The van der Waals surface area contributed by atoms with E-state index in [1.165, 1.54) is 12.8 Å². The van der Waals surface area contributed by atoms with Gasteiger partial charge in [-0.2, -0.15) is 0 Å². The molecule has 0 aromatic carbocycles. The Morgan fingerprint density at radius 2 is 2.05 bits per heavy atom. The van der Waals surface area contributed by atoms with Crippen LogP contribution in [0.1, 0.15) is 37.8 Å². The van der Waals surface area contributed by atoms with E-state index in [-0.39, 0.29) is 0 Å². The van der Waals surface area contributed by atoms with Crippen LogP contribution < -0.4 is 5.32 Å². The van der Waals surface area contributed by atoms with Crippen molar-refractivity contribution in [2.75, 3.05) is 11.9 Å². The molecule has 0 radical (unpaired) electrons. The fourth-order valence-electron chi connectivity index (χ4n) is 2.08. The third-order valence-electron chi connectivity index (χ3n) is 3.32. The van der Waals surface area contributed by atoms with Gasteiger partial charge in [0.25, 0.3) is 0 Å². The fourth-order valence-corrected chi connectivity index (χ4v) is 2.55. The van der Waals surface area contributed by atoms with Crippen LogP contribution in [0.2, 0.25) is 10.0 Å². The van der Waals surface area contributed by atoms with Crippen LogP contribution >= 0.6 is 23.2 Å². The Hall–Kier alpha value is -1.39. The zero-order chi connectivity index (χ0) is 14.8. The van der Waals surface area contributed by atoms with E-state index in [0.717, 1.165) is 24.5 Å². The van der Waals surface area contributed by atoms with Gasteiger partial charge >= 0.3 is 0 Å². The monoisotopic (exact) mass is 322 g/mol. The van der Waals surface area contributed by atoms with Gasteiger partial charge in [0.1, 0.15) is 11.5 Å². The number of hydrogen-bond acceptors (Lipinski definition) is 4. The quantitative estimate of drug-likeness (QED) is 0.877. The molecule has 2 heterocycles. The third kappa shape index (κ3) is 3.44. The van der Waals surface area contributed by atoms with Gasteiger partial charge in [-0.15, -0.1) is 0 Å². The maximum absolute atomic E-state index is 6.22. The maximum Gasteiger partial charge on any atom is 0.181 e. The number of nitrogens with one attached hydrogen (secondary N) is 1. The van der Waals surface area contributed by atoms with Gasteiger partial charge in [0.05, 0.1) is 10.0 Å². The van der Waals surface area contributed by atoms with Crippen molar-refractivity contribution in [3.63, 3.8) is 0 Å². The van der Waals surface area contributed by atoms with E-state index in [1.807, 2.05) is 6.07 Å². The molecule has 21 heavy (non-hydrogen) atoms. The van der Waals surface area contributed by atoms with Crippen LogP contribution in [0.15, 0.2) is 18.3 Å². The molecule has 1 N–H and O–H groups in total. The van der Waals surface area contributed by atoms with Gasteiger partial charge in [-0.25, -0.2) is 15.0 Å². The van der Waals surface area contributed by atoms with E-state index in [9.17, 15) is 0 Å². The molecule has 1 fully saturated rings. The van der Waals surface area contributed by atoms with Gasteiger partial charge < -0.3 is 5.32 Å². The minimum Gasteiger partial charge on any atom is -0.370 e. The van der Waals surface area contributed by atoms with Gasteiger partial charge in [-0.05, 0) is 25.3 Å². The molecule has 0 saturated heterocycles. The van der Waals surface area contributed by atoms with Crippen molar-refractivity contribution >= 4 is 29.0 Å².